The molecule has 0 unspecified atom stereocenters. The Morgan fingerprint density at radius 2 is 2.28 bits per heavy atom. The van der Waals surface area contributed by atoms with Crippen LogP contribution in [0.2, 0.25) is 0 Å². The predicted molar refractivity (Wildman–Crippen MR) is 73.7 cm³/mol. The molecule has 4 nitrogen and oxygen atoms in total. The monoisotopic (exact) mass is 312 g/mol. The lowest BCUT2D eigenvalue weighted by molar-refractivity contribution is 0.0945. The van der Waals surface area contributed by atoms with Gasteiger partial charge in [-0.1, -0.05) is 0 Å². The van der Waals surface area contributed by atoms with E-state index in [0.29, 0.717) is 24.4 Å². The maximum atomic E-state index is 12.0. The zero-order chi connectivity index (χ0) is 13.2. The minimum atomic E-state index is -0.0712. The van der Waals surface area contributed by atoms with Crippen molar-refractivity contribution in [2.45, 2.75) is 12.8 Å². The summed E-state index contributed by atoms with van der Waals surface area (Å²) in [6, 6.07) is 5.28. The van der Waals surface area contributed by atoms with Crippen LogP contribution >= 0.6 is 15.9 Å². The van der Waals surface area contributed by atoms with Crippen LogP contribution in [0.15, 0.2) is 22.7 Å². The van der Waals surface area contributed by atoms with Gasteiger partial charge in [-0.3, -0.25) is 4.79 Å². The maximum absolute atomic E-state index is 12.0. The van der Waals surface area contributed by atoms with E-state index in [9.17, 15) is 4.79 Å². The number of amides is 1. The van der Waals surface area contributed by atoms with Crippen molar-refractivity contribution < 1.29 is 9.53 Å². The average molecular weight is 313 g/mol. The number of nitrogens with one attached hydrogen (secondary N) is 1. The number of carbonyl (C=O) groups excluding carboxylic acids is 1. The first kappa shape index (κ1) is 13.4. The zero-order valence-electron chi connectivity index (χ0n) is 10.3. The van der Waals surface area contributed by atoms with E-state index in [4.69, 9.17) is 10.5 Å². The minimum Gasteiger partial charge on any atom is -0.496 e. The van der Waals surface area contributed by atoms with Gasteiger partial charge in [-0.25, -0.2) is 0 Å². The Balaban J connectivity index is 1.98. The summed E-state index contributed by atoms with van der Waals surface area (Å²) in [7, 11) is 1.60. The average Bonchev–Trinajstić information content (AvgIpc) is 3.16. The Hall–Kier alpha value is -1.07. The molecule has 2 rings (SSSR count). The zero-order valence-corrected chi connectivity index (χ0v) is 11.9. The van der Waals surface area contributed by atoms with E-state index in [1.54, 1.807) is 25.3 Å². The Kier molecular flexibility index (Phi) is 3.92. The Bertz CT molecular complexity index is 458. The van der Waals surface area contributed by atoms with Gasteiger partial charge in [0.05, 0.1) is 11.6 Å². The minimum absolute atomic E-state index is 0.0712. The highest BCUT2D eigenvalue weighted by atomic mass is 79.9. The number of hydrogen-bond acceptors (Lipinski definition) is 3. The standard InChI is InChI=1S/C13H17BrN2O2/c1-18-11-3-2-9(6-10(11)14)12(17)16-8-13(7-15)4-5-13/h2-3,6H,4-5,7-8,15H2,1H3,(H,16,17). The van der Waals surface area contributed by atoms with Gasteiger partial charge in [0.25, 0.3) is 5.91 Å². The molecule has 0 bridgehead atoms. The van der Waals surface area contributed by atoms with Gasteiger partial charge < -0.3 is 15.8 Å². The third-order valence-electron chi connectivity index (χ3n) is 3.43. The maximum Gasteiger partial charge on any atom is 0.251 e. The van der Waals surface area contributed by atoms with Gasteiger partial charge in [0.15, 0.2) is 0 Å². The first-order valence-electron chi connectivity index (χ1n) is 5.92. The fourth-order valence-corrected chi connectivity index (χ4v) is 2.35. The van der Waals surface area contributed by atoms with Gasteiger partial charge >= 0.3 is 0 Å². The van der Waals surface area contributed by atoms with E-state index < -0.39 is 0 Å². The molecule has 3 N–H and O–H groups in total. The van der Waals surface area contributed by atoms with Gasteiger partial charge in [-0.05, 0) is 53.5 Å². The van der Waals surface area contributed by atoms with Gasteiger partial charge in [-0.2, -0.15) is 0 Å². The quantitative estimate of drug-likeness (QED) is 0.873. The molecule has 1 aliphatic rings. The molecule has 0 radical (unpaired) electrons. The van der Waals surface area contributed by atoms with Crippen molar-refractivity contribution in [3.63, 3.8) is 0 Å². The van der Waals surface area contributed by atoms with Crippen molar-refractivity contribution in [1.29, 1.82) is 0 Å². The molecule has 0 atom stereocenters. The van der Waals surface area contributed by atoms with Crippen molar-refractivity contribution in [2.75, 3.05) is 20.2 Å². The third-order valence-corrected chi connectivity index (χ3v) is 4.05. The summed E-state index contributed by atoms with van der Waals surface area (Å²) >= 11 is 3.37. The van der Waals surface area contributed by atoms with Crippen molar-refractivity contribution in [3.05, 3.63) is 28.2 Å². The number of halogens is 1. The molecule has 98 valence electrons. The number of rotatable bonds is 5. The SMILES string of the molecule is COc1ccc(C(=O)NCC2(CN)CC2)cc1Br. The van der Waals surface area contributed by atoms with Gasteiger partial charge in [-0.15, -0.1) is 0 Å². The van der Waals surface area contributed by atoms with Gasteiger partial charge in [0.2, 0.25) is 0 Å². The number of nitrogens with two attached hydrogens (primary N) is 1. The number of methoxy groups -OCH3 is 1. The van der Waals surface area contributed by atoms with Crippen LogP contribution in [0.1, 0.15) is 23.2 Å². The Labute approximate surface area is 115 Å². The number of ether oxygens (including phenoxy) is 1. The molecule has 1 aliphatic carbocycles. The molecular formula is C13H17BrN2O2. The third kappa shape index (κ3) is 2.84. The number of benzene rings is 1. The molecule has 1 fully saturated rings. The Morgan fingerprint density at radius 3 is 2.78 bits per heavy atom. The van der Waals surface area contributed by atoms with E-state index in [1.807, 2.05) is 0 Å². The lowest BCUT2D eigenvalue weighted by atomic mass is 10.1. The van der Waals surface area contributed by atoms with Crippen LogP contribution in [0.5, 0.6) is 5.75 Å². The molecular weight excluding hydrogens is 296 g/mol. The van der Waals surface area contributed by atoms with E-state index in [1.165, 1.54) is 0 Å². The fraction of sp³-hybridized carbons (Fsp3) is 0.462. The van der Waals surface area contributed by atoms with E-state index in [0.717, 1.165) is 17.3 Å². The lowest BCUT2D eigenvalue weighted by Crippen LogP contribution is -2.33. The molecule has 18 heavy (non-hydrogen) atoms. The second-order valence-electron chi connectivity index (χ2n) is 4.74. The normalized spacial score (nSPS) is 16.2. The van der Waals surface area contributed by atoms with E-state index >= 15 is 0 Å². The molecule has 1 saturated carbocycles. The smallest absolute Gasteiger partial charge is 0.251 e. The molecule has 0 aliphatic heterocycles. The highest BCUT2D eigenvalue weighted by molar-refractivity contribution is 9.10. The number of hydrogen-bond donors (Lipinski definition) is 2. The van der Waals surface area contributed by atoms with Crippen molar-refractivity contribution in [1.82, 2.24) is 5.32 Å². The highest BCUT2D eigenvalue weighted by Gasteiger charge is 2.41. The van der Waals surface area contributed by atoms with Crippen molar-refractivity contribution in [2.24, 2.45) is 11.1 Å². The Morgan fingerprint density at radius 1 is 1.56 bits per heavy atom. The molecule has 0 saturated heterocycles. The summed E-state index contributed by atoms with van der Waals surface area (Å²) in [5.41, 5.74) is 6.45. The number of carbonyl (C=O) groups is 1. The lowest BCUT2D eigenvalue weighted by Gasteiger charge is -2.13. The molecule has 1 aromatic rings. The van der Waals surface area contributed by atoms with Crippen LogP contribution in [0.25, 0.3) is 0 Å². The summed E-state index contributed by atoms with van der Waals surface area (Å²) in [5, 5.41) is 2.94. The van der Waals surface area contributed by atoms with E-state index in [-0.39, 0.29) is 11.3 Å². The highest BCUT2D eigenvalue weighted by Crippen LogP contribution is 2.43. The molecule has 1 amide bonds. The van der Waals surface area contributed by atoms with Crippen molar-refractivity contribution in [3.8, 4) is 5.75 Å². The van der Waals surface area contributed by atoms with Crippen LogP contribution in [0.4, 0.5) is 0 Å². The van der Waals surface area contributed by atoms with Crippen molar-refractivity contribution >= 4 is 21.8 Å². The van der Waals surface area contributed by atoms with Crippen LogP contribution in [-0.4, -0.2) is 26.1 Å². The predicted octanol–water partition coefficient (Wildman–Crippen LogP) is 1.93. The van der Waals surface area contributed by atoms with Crippen LogP contribution in [-0.2, 0) is 0 Å². The fourth-order valence-electron chi connectivity index (χ4n) is 1.81. The van der Waals surface area contributed by atoms with Crippen LogP contribution in [0, 0.1) is 5.41 Å². The first-order chi connectivity index (χ1) is 8.60. The van der Waals surface area contributed by atoms with Crippen LogP contribution < -0.4 is 15.8 Å². The topological polar surface area (TPSA) is 64.3 Å². The van der Waals surface area contributed by atoms with Crippen LogP contribution in [0.3, 0.4) is 0 Å². The van der Waals surface area contributed by atoms with Gasteiger partial charge in [0.1, 0.15) is 5.75 Å². The van der Waals surface area contributed by atoms with Gasteiger partial charge in [0, 0.05) is 17.5 Å². The second kappa shape index (κ2) is 5.28. The summed E-state index contributed by atoms with van der Waals surface area (Å²) in [6.07, 6.45) is 2.21. The summed E-state index contributed by atoms with van der Waals surface area (Å²) in [6.45, 7) is 1.30. The van der Waals surface area contributed by atoms with E-state index in [2.05, 4.69) is 21.2 Å². The molecule has 5 heteroatoms. The second-order valence-corrected chi connectivity index (χ2v) is 5.59. The summed E-state index contributed by atoms with van der Waals surface area (Å²) < 4.78 is 5.90. The first-order valence-corrected chi connectivity index (χ1v) is 6.71. The summed E-state index contributed by atoms with van der Waals surface area (Å²) in [5.74, 6) is 0.644. The molecule has 0 spiro atoms. The largest absolute Gasteiger partial charge is 0.496 e. The molecule has 0 aromatic heterocycles. The molecule has 0 heterocycles. The molecule has 1 aromatic carbocycles. The summed E-state index contributed by atoms with van der Waals surface area (Å²) in [4.78, 5) is 12.0.